The van der Waals surface area contributed by atoms with Gasteiger partial charge in [-0.15, -0.1) is 0 Å². The van der Waals surface area contributed by atoms with Crippen LogP contribution in [0.3, 0.4) is 0 Å². The van der Waals surface area contributed by atoms with Gasteiger partial charge >= 0.3 is 0 Å². The van der Waals surface area contributed by atoms with Gasteiger partial charge in [-0.1, -0.05) is 29.8 Å². The summed E-state index contributed by atoms with van der Waals surface area (Å²) in [6.07, 6.45) is 1.43. The van der Waals surface area contributed by atoms with Crippen LogP contribution in [-0.2, 0) is 0 Å². The first-order chi connectivity index (χ1) is 10.6. The molecule has 0 bridgehead atoms. The molecule has 0 aliphatic carbocycles. The van der Waals surface area contributed by atoms with Gasteiger partial charge < -0.3 is 10.3 Å². The number of rotatable bonds is 3. The van der Waals surface area contributed by atoms with Crippen LogP contribution < -0.4 is 10.7 Å². The molecule has 3 aromatic rings. The Balaban J connectivity index is 1.78. The summed E-state index contributed by atoms with van der Waals surface area (Å²) in [4.78, 5) is 26.0. The first kappa shape index (κ1) is 13.8. The smallest absolute Gasteiger partial charge is 0.273 e. The minimum absolute atomic E-state index is 0.187. The zero-order valence-corrected chi connectivity index (χ0v) is 11.9. The van der Waals surface area contributed by atoms with Gasteiger partial charge in [0.15, 0.2) is 11.2 Å². The van der Waals surface area contributed by atoms with Crippen LogP contribution in [0.1, 0.15) is 16.1 Å². The van der Waals surface area contributed by atoms with Gasteiger partial charge in [0.1, 0.15) is 5.69 Å². The Morgan fingerprint density at radius 3 is 2.64 bits per heavy atom. The van der Waals surface area contributed by atoms with Crippen molar-refractivity contribution in [1.82, 2.24) is 15.2 Å². The highest BCUT2D eigenvalue weighted by Gasteiger charge is 2.10. The molecular formula is C16H14N4O2. The molecule has 3 rings (SSSR count). The maximum absolute atomic E-state index is 12.0. The van der Waals surface area contributed by atoms with Gasteiger partial charge in [0.05, 0.1) is 5.69 Å². The Labute approximate surface area is 126 Å². The Hall–Kier alpha value is -3.15. The molecule has 3 N–H and O–H groups in total. The molecule has 22 heavy (non-hydrogen) atoms. The van der Waals surface area contributed by atoms with E-state index < -0.39 is 5.91 Å². The van der Waals surface area contributed by atoms with Gasteiger partial charge in [0, 0.05) is 24.4 Å². The number of nitrogens with zero attached hydrogens (tertiary/aromatic N) is 1. The highest BCUT2D eigenvalue weighted by atomic mass is 16.2. The highest BCUT2D eigenvalue weighted by Crippen LogP contribution is 2.20. The van der Waals surface area contributed by atoms with Gasteiger partial charge in [0.2, 0.25) is 0 Å². The molecule has 2 aromatic heterocycles. The lowest BCUT2D eigenvalue weighted by molar-refractivity contribution is 0.102. The fourth-order valence-electron chi connectivity index (χ4n) is 2.03. The Bertz CT molecular complexity index is 862. The Morgan fingerprint density at radius 2 is 1.91 bits per heavy atom. The molecule has 0 saturated carbocycles. The van der Waals surface area contributed by atoms with E-state index in [0.29, 0.717) is 5.82 Å². The lowest BCUT2D eigenvalue weighted by Gasteiger charge is -2.00. The summed E-state index contributed by atoms with van der Waals surface area (Å²) >= 11 is 0. The molecule has 1 amide bonds. The third kappa shape index (κ3) is 2.95. The number of aromatic nitrogens is 3. The van der Waals surface area contributed by atoms with E-state index in [1.807, 2.05) is 31.2 Å². The van der Waals surface area contributed by atoms with Gasteiger partial charge in [0.25, 0.3) is 5.91 Å². The molecule has 0 fully saturated rings. The van der Waals surface area contributed by atoms with Crippen molar-refractivity contribution in [2.24, 2.45) is 0 Å². The van der Waals surface area contributed by atoms with Crippen molar-refractivity contribution < 1.29 is 4.79 Å². The molecule has 0 unspecified atom stereocenters. The molecule has 0 radical (unpaired) electrons. The van der Waals surface area contributed by atoms with Crippen molar-refractivity contribution in [2.75, 3.05) is 5.32 Å². The van der Waals surface area contributed by atoms with Crippen LogP contribution in [-0.4, -0.2) is 21.1 Å². The van der Waals surface area contributed by atoms with E-state index in [0.717, 1.165) is 11.3 Å². The van der Waals surface area contributed by atoms with Gasteiger partial charge in [-0.3, -0.25) is 14.7 Å². The van der Waals surface area contributed by atoms with E-state index in [9.17, 15) is 9.59 Å². The van der Waals surface area contributed by atoms with E-state index >= 15 is 0 Å². The summed E-state index contributed by atoms with van der Waals surface area (Å²) < 4.78 is 0. The van der Waals surface area contributed by atoms with Gasteiger partial charge in [-0.2, -0.15) is 5.10 Å². The van der Waals surface area contributed by atoms with Crippen molar-refractivity contribution in [3.8, 4) is 11.3 Å². The van der Waals surface area contributed by atoms with Crippen LogP contribution in [0.25, 0.3) is 11.3 Å². The van der Waals surface area contributed by atoms with Gasteiger partial charge in [-0.05, 0) is 12.5 Å². The van der Waals surface area contributed by atoms with E-state index in [2.05, 4.69) is 20.5 Å². The number of carbonyl (C=O) groups is 1. The number of aryl methyl sites for hydroxylation is 1. The predicted molar refractivity (Wildman–Crippen MR) is 83.8 cm³/mol. The number of amides is 1. The molecule has 2 heterocycles. The number of aromatic amines is 2. The van der Waals surface area contributed by atoms with Crippen molar-refractivity contribution in [1.29, 1.82) is 0 Å². The third-order valence-electron chi connectivity index (χ3n) is 3.20. The molecule has 110 valence electrons. The summed E-state index contributed by atoms with van der Waals surface area (Å²) in [6.45, 7) is 2.02. The quantitative estimate of drug-likeness (QED) is 0.692. The highest BCUT2D eigenvalue weighted by molar-refractivity contribution is 6.02. The van der Waals surface area contributed by atoms with E-state index in [4.69, 9.17) is 0 Å². The van der Waals surface area contributed by atoms with Crippen LogP contribution in [0.2, 0.25) is 0 Å². The molecule has 6 heteroatoms. The molecule has 0 saturated heterocycles. The standard InChI is InChI=1S/C16H14N4O2/c1-10-2-4-11(5-3-10)13-9-15(20-19-13)18-16(22)14-8-12(21)6-7-17-14/h2-9H,1H3,(H,17,21)(H2,18,19,20,22). The summed E-state index contributed by atoms with van der Waals surface area (Å²) in [5.74, 6) is -0.0232. The molecule has 6 nitrogen and oxygen atoms in total. The van der Waals surface area contributed by atoms with Crippen molar-refractivity contribution >= 4 is 11.7 Å². The van der Waals surface area contributed by atoms with Crippen LogP contribution in [0.4, 0.5) is 5.82 Å². The van der Waals surface area contributed by atoms with Crippen LogP contribution in [0.15, 0.2) is 53.5 Å². The number of anilines is 1. The van der Waals surface area contributed by atoms with E-state index in [1.54, 1.807) is 6.07 Å². The molecule has 0 aliphatic rings. The first-order valence-corrected chi connectivity index (χ1v) is 6.74. The number of benzene rings is 1. The molecule has 1 aromatic carbocycles. The maximum Gasteiger partial charge on any atom is 0.273 e. The zero-order valence-electron chi connectivity index (χ0n) is 11.9. The largest absolute Gasteiger partial charge is 0.357 e. The number of hydrogen-bond acceptors (Lipinski definition) is 3. The molecular weight excluding hydrogens is 280 g/mol. The maximum atomic E-state index is 12.0. The Kier molecular flexibility index (Phi) is 3.57. The first-order valence-electron chi connectivity index (χ1n) is 6.74. The summed E-state index contributed by atoms with van der Waals surface area (Å²) in [7, 11) is 0. The number of H-pyrrole nitrogens is 2. The second kappa shape index (κ2) is 5.69. The lowest BCUT2D eigenvalue weighted by Crippen LogP contribution is -2.16. The average molecular weight is 294 g/mol. The van der Waals surface area contributed by atoms with Crippen LogP contribution >= 0.6 is 0 Å². The van der Waals surface area contributed by atoms with Gasteiger partial charge in [-0.25, -0.2) is 0 Å². The summed E-state index contributed by atoms with van der Waals surface area (Å²) in [5.41, 5.74) is 2.91. The minimum atomic E-state index is -0.417. The Morgan fingerprint density at radius 1 is 1.14 bits per heavy atom. The minimum Gasteiger partial charge on any atom is -0.357 e. The third-order valence-corrected chi connectivity index (χ3v) is 3.20. The number of nitrogens with one attached hydrogen (secondary N) is 3. The van der Waals surface area contributed by atoms with Crippen LogP contribution in [0, 0.1) is 6.92 Å². The van der Waals surface area contributed by atoms with E-state index in [-0.39, 0.29) is 11.1 Å². The number of hydrogen-bond donors (Lipinski definition) is 3. The summed E-state index contributed by atoms with van der Waals surface area (Å²) in [6, 6.07) is 12.3. The SMILES string of the molecule is Cc1ccc(-c2cc(NC(=O)c3cc(=O)cc[nH]3)n[nH]2)cc1. The normalized spacial score (nSPS) is 10.4. The summed E-state index contributed by atoms with van der Waals surface area (Å²) in [5, 5.41) is 9.56. The molecule has 0 atom stereocenters. The fourth-order valence-corrected chi connectivity index (χ4v) is 2.03. The lowest BCUT2D eigenvalue weighted by atomic mass is 10.1. The van der Waals surface area contributed by atoms with Crippen molar-refractivity contribution in [3.63, 3.8) is 0 Å². The second-order valence-corrected chi connectivity index (χ2v) is 4.93. The molecule has 0 aliphatic heterocycles. The zero-order chi connectivity index (χ0) is 15.5. The van der Waals surface area contributed by atoms with Crippen LogP contribution in [0.5, 0.6) is 0 Å². The monoisotopic (exact) mass is 294 g/mol. The predicted octanol–water partition coefficient (Wildman–Crippen LogP) is 2.33. The second-order valence-electron chi connectivity index (χ2n) is 4.93. The average Bonchev–Trinajstić information content (AvgIpc) is 2.96. The number of carbonyl (C=O) groups excluding carboxylic acids is 1. The fraction of sp³-hybridized carbons (Fsp3) is 0.0625. The van der Waals surface area contributed by atoms with Crippen molar-refractivity contribution in [2.45, 2.75) is 6.92 Å². The molecule has 0 spiro atoms. The van der Waals surface area contributed by atoms with Crippen molar-refractivity contribution in [3.05, 3.63) is 70.1 Å². The van der Waals surface area contributed by atoms with E-state index in [1.165, 1.54) is 23.9 Å². The topological polar surface area (TPSA) is 90.6 Å². The number of pyridine rings is 1.